The van der Waals surface area contributed by atoms with Crippen LogP contribution >= 0.6 is 11.3 Å². The zero-order chi connectivity index (χ0) is 20.9. The van der Waals surface area contributed by atoms with Crippen molar-refractivity contribution in [2.75, 3.05) is 51.3 Å². The van der Waals surface area contributed by atoms with Crippen LogP contribution in [0.1, 0.15) is 23.7 Å². The van der Waals surface area contributed by atoms with Gasteiger partial charge in [-0.2, -0.15) is 0 Å². The van der Waals surface area contributed by atoms with Gasteiger partial charge in [-0.3, -0.25) is 14.7 Å². The summed E-state index contributed by atoms with van der Waals surface area (Å²) in [6.07, 6.45) is 4.78. The fourth-order valence-electron chi connectivity index (χ4n) is 3.79. The molecule has 0 radical (unpaired) electrons. The molecule has 6 nitrogen and oxygen atoms in total. The van der Waals surface area contributed by atoms with E-state index in [1.54, 1.807) is 37.5 Å². The molecule has 1 aliphatic heterocycles. The lowest BCUT2D eigenvalue weighted by Gasteiger charge is -2.35. The number of anilines is 1. The Morgan fingerprint density at radius 3 is 2.77 bits per heavy atom. The molecule has 3 heterocycles. The highest BCUT2D eigenvalue weighted by Crippen LogP contribution is 2.33. The first-order valence-electron chi connectivity index (χ1n) is 10.3. The van der Waals surface area contributed by atoms with Crippen molar-refractivity contribution < 1.29 is 14.3 Å². The van der Waals surface area contributed by atoms with Gasteiger partial charge in [0, 0.05) is 66.1 Å². The third kappa shape index (κ3) is 4.57. The predicted octanol–water partition coefficient (Wildman–Crippen LogP) is 4.10. The maximum atomic E-state index is 11.5. The van der Waals surface area contributed by atoms with E-state index in [0.29, 0.717) is 23.7 Å². The summed E-state index contributed by atoms with van der Waals surface area (Å²) < 4.78 is 12.6. The van der Waals surface area contributed by atoms with Crippen molar-refractivity contribution in [3.05, 3.63) is 47.6 Å². The van der Waals surface area contributed by atoms with E-state index in [4.69, 9.17) is 9.47 Å². The molecule has 4 rings (SSSR count). The Kier molecular flexibility index (Phi) is 6.50. The lowest BCUT2D eigenvalue weighted by Crippen LogP contribution is -2.46. The van der Waals surface area contributed by atoms with Crippen molar-refractivity contribution in [3.8, 4) is 11.5 Å². The van der Waals surface area contributed by atoms with Crippen molar-refractivity contribution in [3.63, 3.8) is 0 Å². The average Bonchev–Trinajstić information content (AvgIpc) is 3.21. The SMILES string of the molecule is COc1cc(C(C)=O)ccc1OCCCN1CCN(c2csc3ccncc23)CC1. The lowest BCUT2D eigenvalue weighted by atomic mass is 10.1. The molecule has 1 fully saturated rings. The van der Waals surface area contributed by atoms with Gasteiger partial charge in [0.1, 0.15) is 0 Å². The first-order chi connectivity index (χ1) is 14.7. The first kappa shape index (κ1) is 20.6. The zero-order valence-corrected chi connectivity index (χ0v) is 18.3. The summed E-state index contributed by atoms with van der Waals surface area (Å²) >= 11 is 1.79. The summed E-state index contributed by atoms with van der Waals surface area (Å²) in [5, 5.41) is 3.51. The maximum Gasteiger partial charge on any atom is 0.161 e. The molecule has 7 heteroatoms. The van der Waals surface area contributed by atoms with Crippen LogP contribution in [-0.4, -0.2) is 62.1 Å². The van der Waals surface area contributed by atoms with Crippen LogP contribution < -0.4 is 14.4 Å². The summed E-state index contributed by atoms with van der Waals surface area (Å²) in [6, 6.07) is 7.42. The number of carbonyl (C=O) groups is 1. The standard InChI is InChI=1S/C23H27N3O3S/c1-17(27)18-4-5-21(22(14-18)28-2)29-13-3-8-25-9-11-26(12-10-25)20-16-30-23-6-7-24-15-19(20)23/h4-7,14-16H,3,8-13H2,1-2H3. The average molecular weight is 426 g/mol. The minimum atomic E-state index is 0.0192. The van der Waals surface area contributed by atoms with E-state index in [-0.39, 0.29) is 5.78 Å². The molecular formula is C23H27N3O3S. The zero-order valence-electron chi connectivity index (χ0n) is 17.5. The Balaban J connectivity index is 1.23. The number of rotatable bonds is 8. The second-order valence-corrected chi connectivity index (χ2v) is 8.36. The molecular weight excluding hydrogens is 398 g/mol. The summed E-state index contributed by atoms with van der Waals surface area (Å²) in [5.74, 6) is 1.31. The van der Waals surface area contributed by atoms with Crippen LogP contribution in [0, 0.1) is 0 Å². The number of hydrogen-bond donors (Lipinski definition) is 0. The van der Waals surface area contributed by atoms with E-state index in [1.807, 2.05) is 18.5 Å². The van der Waals surface area contributed by atoms with Gasteiger partial charge < -0.3 is 14.4 Å². The van der Waals surface area contributed by atoms with Gasteiger partial charge in [-0.15, -0.1) is 11.3 Å². The summed E-state index contributed by atoms with van der Waals surface area (Å²) in [4.78, 5) is 20.8. The molecule has 0 N–H and O–H groups in total. The molecule has 1 aromatic carbocycles. The highest BCUT2D eigenvalue weighted by atomic mass is 32.1. The van der Waals surface area contributed by atoms with Gasteiger partial charge in [-0.25, -0.2) is 0 Å². The van der Waals surface area contributed by atoms with Gasteiger partial charge >= 0.3 is 0 Å². The molecule has 1 saturated heterocycles. The molecule has 2 aromatic heterocycles. The fourth-order valence-corrected chi connectivity index (χ4v) is 4.73. The maximum absolute atomic E-state index is 11.5. The Morgan fingerprint density at radius 1 is 1.17 bits per heavy atom. The molecule has 0 saturated carbocycles. The molecule has 0 bridgehead atoms. The van der Waals surface area contributed by atoms with E-state index < -0.39 is 0 Å². The third-order valence-electron chi connectivity index (χ3n) is 5.51. The van der Waals surface area contributed by atoms with Crippen LogP contribution in [0.5, 0.6) is 11.5 Å². The largest absolute Gasteiger partial charge is 0.493 e. The van der Waals surface area contributed by atoms with Gasteiger partial charge in [0.05, 0.1) is 19.4 Å². The Labute approximate surface area is 181 Å². The number of methoxy groups -OCH3 is 1. The van der Waals surface area contributed by atoms with Crippen molar-refractivity contribution >= 4 is 32.9 Å². The molecule has 1 aliphatic rings. The minimum absolute atomic E-state index is 0.0192. The van der Waals surface area contributed by atoms with E-state index in [1.165, 1.54) is 15.8 Å². The van der Waals surface area contributed by atoms with Crippen LogP contribution in [0.15, 0.2) is 42.0 Å². The highest BCUT2D eigenvalue weighted by Gasteiger charge is 2.19. The number of piperazine rings is 1. The number of ether oxygens (including phenoxy) is 2. The number of fused-ring (bicyclic) bond motifs is 1. The third-order valence-corrected chi connectivity index (χ3v) is 6.46. The Morgan fingerprint density at radius 2 is 2.00 bits per heavy atom. The Hall–Kier alpha value is -2.64. The summed E-state index contributed by atoms with van der Waals surface area (Å²) in [5.41, 5.74) is 1.94. The van der Waals surface area contributed by atoms with Gasteiger partial charge in [0.25, 0.3) is 0 Å². The van der Waals surface area contributed by atoms with Crippen LogP contribution in [0.4, 0.5) is 5.69 Å². The van der Waals surface area contributed by atoms with Crippen LogP contribution in [-0.2, 0) is 0 Å². The molecule has 3 aromatic rings. The molecule has 0 unspecified atom stereocenters. The number of Topliss-reactive ketones (excluding diaryl/α,β-unsaturated/α-hetero) is 1. The predicted molar refractivity (Wildman–Crippen MR) is 121 cm³/mol. The van der Waals surface area contributed by atoms with E-state index in [9.17, 15) is 4.79 Å². The number of thiophene rings is 1. The summed E-state index contributed by atoms with van der Waals surface area (Å²) in [7, 11) is 1.60. The normalized spacial score (nSPS) is 14.8. The van der Waals surface area contributed by atoms with Gasteiger partial charge in [0.15, 0.2) is 17.3 Å². The van der Waals surface area contributed by atoms with E-state index in [2.05, 4.69) is 26.2 Å². The molecule has 0 spiro atoms. The molecule has 30 heavy (non-hydrogen) atoms. The number of nitrogens with zero attached hydrogens (tertiary/aromatic N) is 3. The van der Waals surface area contributed by atoms with Crippen LogP contribution in [0.25, 0.3) is 10.1 Å². The van der Waals surface area contributed by atoms with Crippen LogP contribution in [0.2, 0.25) is 0 Å². The molecule has 0 atom stereocenters. The van der Waals surface area contributed by atoms with Crippen molar-refractivity contribution in [2.45, 2.75) is 13.3 Å². The van der Waals surface area contributed by atoms with Gasteiger partial charge in [-0.1, -0.05) is 0 Å². The van der Waals surface area contributed by atoms with Gasteiger partial charge in [-0.05, 0) is 37.6 Å². The van der Waals surface area contributed by atoms with Gasteiger partial charge in [0.2, 0.25) is 0 Å². The minimum Gasteiger partial charge on any atom is -0.493 e. The quantitative estimate of drug-likeness (QED) is 0.400. The first-order valence-corrected chi connectivity index (χ1v) is 11.1. The number of aromatic nitrogens is 1. The van der Waals surface area contributed by atoms with E-state index >= 15 is 0 Å². The number of hydrogen-bond acceptors (Lipinski definition) is 7. The number of pyridine rings is 1. The fraction of sp³-hybridized carbons (Fsp3) is 0.391. The van der Waals surface area contributed by atoms with Crippen molar-refractivity contribution in [2.24, 2.45) is 0 Å². The topological polar surface area (TPSA) is 54.9 Å². The number of carbonyl (C=O) groups excluding carboxylic acids is 1. The molecule has 0 aliphatic carbocycles. The lowest BCUT2D eigenvalue weighted by molar-refractivity contribution is 0.101. The Bertz CT molecular complexity index is 1010. The van der Waals surface area contributed by atoms with Crippen molar-refractivity contribution in [1.29, 1.82) is 0 Å². The second-order valence-electron chi connectivity index (χ2n) is 7.45. The monoisotopic (exact) mass is 425 g/mol. The summed E-state index contributed by atoms with van der Waals surface area (Å²) in [6.45, 7) is 7.34. The number of ketones is 1. The smallest absolute Gasteiger partial charge is 0.161 e. The molecule has 158 valence electrons. The van der Waals surface area contributed by atoms with Crippen molar-refractivity contribution in [1.82, 2.24) is 9.88 Å². The second kappa shape index (κ2) is 9.45. The van der Waals surface area contributed by atoms with Crippen LogP contribution in [0.3, 0.4) is 0 Å². The molecule has 0 amide bonds. The number of benzene rings is 1. The van der Waals surface area contributed by atoms with E-state index in [0.717, 1.165) is 39.1 Å². The highest BCUT2D eigenvalue weighted by molar-refractivity contribution is 7.17.